The average Bonchev–Trinajstić information content (AvgIpc) is 2.77. The fraction of sp³-hybridized carbons (Fsp3) is 0.296. The number of allylic oxidation sites excluding steroid dienone is 8. The zero-order valence-corrected chi connectivity index (χ0v) is 20.8. The molecule has 33 heavy (non-hydrogen) atoms. The molecule has 0 fully saturated rings. The highest BCUT2D eigenvalue weighted by atomic mass is 35.5. The van der Waals surface area contributed by atoms with Crippen molar-refractivity contribution in [1.82, 2.24) is 4.90 Å². The highest BCUT2D eigenvalue weighted by Gasteiger charge is 2.13. The number of nitrogens with zero attached hydrogens (tertiary/aromatic N) is 1. The van der Waals surface area contributed by atoms with Crippen LogP contribution in [0.15, 0.2) is 95.1 Å². The fourth-order valence-electron chi connectivity index (χ4n) is 3.13. The number of hydrogen-bond donors (Lipinski definition) is 2. The molecule has 0 spiro atoms. The van der Waals surface area contributed by atoms with Crippen LogP contribution < -0.4 is 5.73 Å². The summed E-state index contributed by atoms with van der Waals surface area (Å²) in [5.41, 5.74) is 8.74. The molecule has 0 saturated heterocycles. The molecule has 0 bridgehead atoms. The molecule has 1 atom stereocenters. The van der Waals surface area contributed by atoms with Crippen LogP contribution in [-0.4, -0.2) is 36.2 Å². The lowest BCUT2D eigenvalue weighted by molar-refractivity contribution is 0.0697. The number of halogens is 1. The summed E-state index contributed by atoms with van der Waals surface area (Å²) in [6.45, 7) is 9.11. The first kappa shape index (κ1) is 27.9. The summed E-state index contributed by atoms with van der Waals surface area (Å²) in [5.74, 6) is -0.123. The molecule has 0 aliphatic rings. The molecule has 0 aliphatic carbocycles. The van der Waals surface area contributed by atoms with Crippen molar-refractivity contribution in [2.75, 3.05) is 20.2 Å². The van der Waals surface area contributed by atoms with Crippen LogP contribution in [-0.2, 0) is 4.74 Å². The second-order valence-electron chi connectivity index (χ2n) is 7.63. The Balaban J connectivity index is 3.23. The number of aromatic carboxylic acids is 1. The zero-order chi connectivity index (χ0) is 24.8. The average molecular weight is 471 g/mol. The maximum Gasteiger partial charge on any atom is 0.335 e. The topological polar surface area (TPSA) is 75.8 Å². The molecule has 1 aromatic carbocycles. The number of carboxylic acid groups (broad SMARTS) is 1. The maximum absolute atomic E-state index is 11.2. The summed E-state index contributed by atoms with van der Waals surface area (Å²) in [7, 11) is 1.60. The van der Waals surface area contributed by atoms with Crippen molar-refractivity contribution in [2.45, 2.75) is 33.6 Å². The Morgan fingerprint density at radius 2 is 1.85 bits per heavy atom. The van der Waals surface area contributed by atoms with E-state index in [1.807, 2.05) is 68.6 Å². The first-order valence-corrected chi connectivity index (χ1v) is 11.2. The molecule has 1 unspecified atom stereocenters. The first-order valence-electron chi connectivity index (χ1n) is 10.8. The van der Waals surface area contributed by atoms with Crippen LogP contribution in [0.2, 0.25) is 0 Å². The van der Waals surface area contributed by atoms with E-state index in [9.17, 15) is 4.79 Å². The molecular weight excluding hydrogens is 436 g/mol. The Labute approximate surface area is 202 Å². The number of carbonyl (C=O) groups is 1. The third kappa shape index (κ3) is 10.3. The van der Waals surface area contributed by atoms with E-state index in [0.29, 0.717) is 29.6 Å². The van der Waals surface area contributed by atoms with Crippen LogP contribution in [0.5, 0.6) is 0 Å². The van der Waals surface area contributed by atoms with Crippen LogP contribution in [0.1, 0.15) is 49.5 Å². The Morgan fingerprint density at radius 3 is 2.36 bits per heavy atom. The van der Waals surface area contributed by atoms with Gasteiger partial charge >= 0.3 is 5.97 Å². The standard InChI is InChI=1S/C27H35ClN2O3/c1-6-9-24(26(28)10-7-2)19-30(16-8-11-25(33-5)17-21(4)29)18-20(3)22-12-14-23(15-13-22)27(31)32/h6-17,20H,18-19,29H2,1-5H3,(H,31,32)/b9-6-,10-7-,16-8+,21-17+,25-11+,26-24-. The van der Waals surface area contributed by atoms with Crippen LogP contribution >= 0.6 is 11.6 Å². The van der Waals surface area contributed by atoms with Gasteiger partial charge in [0.2, 0.25) is 0 Å². The number of carboxylic acids is 1. The highest BCUT2D eigenvalue weighted by Crippen LogP contribution is 2.21. The van der Waals surface area contributed by atoms with Gasteiger partial charge in [-0.05, 0) is 80.5 Å². The molecule has 3 N–H and O–H groups in total. The highest BCUT2D eigenvalue weighted by molar-refractivity contribution is 6.31. The van der Waals surface area contributed by atoms with E-state index in [0.717, 1.165) is 11.1 Å². The number of benzene rings is 1. The van der Waals surface area contributed by atoms with Gasteiger partial charge in [-0.2, -0.15) is 0 Å². The predicted octanol–water partition coefficient (Wildman–Crippen LogP) is 6.34. The van der Waals surface area contributed by atoms with Gasteiger partial charge in [-0.3, -0.25) is 0 Å². The Bertz CT molecular complexity index is 950. The Hall–Kier alpha value is -3.18. The van der Waals surface area contributed by atoms with Crippen LogP contribution in [0.4, 0.5) is 0 Å². The first-order chi connectivity index (χ1) is 15.7. The largest absolute Gasteiger partial charge is 0.497 e. The molecule has 1 rings (SSSR count). The van der Waals surface area contributed by atoms with E-state index in [1.54, 1.807) is 32.2 Å². The van der Waals surface area contributed by atoms with Crippen molar-refractivity contribution in [3.05, 3.63) is 106 Å². The third-order valence-corrected chi connectivity index (χ3v) is 5.13. The van der Waals surface area contributed by atoms with Gasteiger partial charge in [0.25, 0.3) is 0 Å². The van der Waals surface area contributed by atoms with Gasteiger partial charge in [0, 0.05) is 23.8 Å². The molecule has 5 nitrogen and oxygen atoms in total. The number of hydrogen-bond acceptors (Lipinski definition) is 4. The summed E-state index contributed by atoms with van der Waals surface area (Å²) in [6.07, 6.45) is 15.3. The molecule has 0 aliphatic heterocycles. The number of methoxy groups -OCH3 is 1. The monoisotopic (exact) mass is 470 g/mol. The SMILES string of the molecule is C\C=C/C(Cl)=C(\C=C/C)CN(/C=C/C=C(\C=C(/C)N)OC)CC(C)c1ccc(C(=O)O)cc1. The van der Waals surface area contributed by atoms with Gasteiger partial charge in [0.05, 0.1) is 12.7 Å². The zero-order valence-electron chi connectivity index (χ0n) is 20.1. The molecular formula is C27H35ClN2O3. The number of ether oxygens (including phenoxy) is 1. The minimum atomic E-state index is -0.930. The van der Waals surface area contributed by atoms with Crippen molar-refractivity contribution < 1.29 is 14.6 Å². The lowest BCUT2D eigenvalue weighted by Crippen LogP contribution is -2.25. The Morgan fingerprint density at radius 1 is 1.21 bits per heavy atom. The summed E-state index contributed by atoms with van der Waals surface area (Å²) in [4.78, 5) is 13.3. The van der Waals surface area contributed by atoms with Gasteiger partial charge in [-0.15, -0.1) is 0 Å². The summed E-state index contributed by atoms with van der Waals surface area (Å²) >= 11 is 6.52. The van der Waals surface area contributed by atoms with Crippen molar-refractivity contribution in [1.29, 1.82) is 0 Å². The molecule has 0 saturated carbocycles. The summed E-state index contributed by atoms with van der Waals surface area (Å²) in [5, 5.41) is 9.83. The van der Waals surface area contributed by atoms with E-state index < -0.39 is 5.97 Å². The molecule has 1 aromatic rings. The predicted molar refractivity (Wildman–Crippen MR) is 138 cm³/mol. The van der Waals surface area contributed by atoms with Gasteiger partial charge in [-0.1, -0.05) is 48.9 Å². The van der Waals surface area contributed by atoms with Crippen molar-refractivity contribution in [3.8, 4) is 0 Å². The van der Waals surface area contributed by atoms with Crippen LogP contribution in [0, 0.1) is 0 Å². The second-order valence-corrected chi connectivity index (χ2v) is 8.04. The van der Waals surface area contributed by atoms with E-state index in [2.05, 4.69) is 11.8 Å². The van der Waals surface area contributed by atoms with E-state index in [1.165, 1.54) is 0 Å². The molecule has 178 valence electrons. The smallest absolute Gasteiger partial charge is 0.335 e. The maximum atomic E-state index is 11.2. The van der Waals surface area contributed by atoms with Crippen molar-refractivity contribution in [3.63, 3.8) is 0 Å². The van der Waals surface area contributed by atoms with Crippen molar-refractivity contribution >= 4 is 17.6 Å². The van der Waals surface area contributed by atoms with Gasteiger partial charge in [-0.25, -0.2) is 4.79 Å². The molecule has 0 radical (unpaired) electrons. The second kappa shape index (κ2) is 14.8. The minimum Gasteiger partial charge on any atom is -0.497 e. The van der Waals surface area contributed by atoms with Gasteiger partial charge in [0.1, 0.15) is 5.76 Å². The third-order valence-electron chi connectivity index (χ3n) is 4.76. The summed E-state index contributed by atoms with van der Waals surface area (Å²) in [6, 6.07) is 7.00. The number of nitrogens with two attached hydrogens (primary N) is 1. The minimum absolute atomic E-state index is 0.155. The number of rotatable bonds is 12. The Kier molecular flexibility index (Phi) is 12.5. The fourth-order valence-corrected chi connectivity index (χ4v) is 3.38. The normalized spacial score (nSPS) is 14.7. The van der Waals surface area contributed by atoms with Crippen molar-refractivity contribution in [2.24, 2.45) is 5.73 Å². The molecule has 6 heteroatoms. The summed E-state index contributed by atoms with van der Waals surface area (Å²) < 4.78 is 5.35. The quantitative estimate of drug-likeness (QED) is 0.275. The van der Waals surface area contributed by atoms with Crippen LogP contribution in [0.3, 0.4) is 0 Å². The molecule has 0 aromatic heterocycles. The van der Waals surface area contributed by atoms with Gasteiger partial charge < -0.3 is 20.5 Å². The van der Waals surface area contributed by atoms with E-state index in [4.69, 9.17) is 27.2 Å². The van der Waals surface area contributed by atoms with E-state index in [-0.39, 0.29) is 11.5 Å². The lowest BCUT2D eigenvalue weighted by Gasteiger charge is -2.25. The van der Waals surface area contributed by atoms with Gasteiger partial charge in [0.15, 0.2) is 0 Å². The van der Waals surface area contributed by atoms with E-state index >= 15 is 0 Å². The lowest BCUT2D eigenvalue weighted by atomic mass is 9.99. The molecule has 0 heterocycles. The van der Waals surface area contributed by atoms with Crippen LogP contribution in [0.25, 0.3) is 0 Å². The molecule has 0 amide bonds.